The van der Waals surface area contributed by atoms with Gasteiger partial charge in [0.25, 0.3) is 0 Å². The number of ether oxygens (including phenoxy) is 1. The Balaban J connectivity index is 0.00000625. The Hall–Kier alpha value is -1.17. The lowest BCUT2D eigenvalue weighted by molar-refractivity contribution is 0.304. The minimum Gasteiger partial charge on any atom is -0.489 e. The number of benzene rings is 1. The van der Waals surface area contributed by atoms with E-state index in [0.717, 1.165) is 12.1 Å². The number of hydrogen-bond acceptors (Lipinski definition) is 4. The number of hydrogen-bond donors (Lipinski definition) is 2. The van der Waals surface area contributed by atoms with Gasteiger partial charge in [-0.25, -0.2) is 17.2 Å². The zero-order chi connectivity index (χ0) is 19.1. The van der Waals surface area contributed by atoms with Gasteiger partial charge in [0.2, 0.25) is 0 Å². The number of rotatable bonds is 7. The van der Waals surface area contributed by atoms with Crippen LogP contribution in [0.4, 0.5) is 8.78 Å². The van der Waals surface area contributed by atoms with E-state index in [1.165, 1.54) is 6.07 Å². The van der Waals surface area contributed by atoms with Crippen molar-refractivity contribution in [3.63, 3.8) is 0 Å². The van der Waals surface area contributed by atoms with Crippen LogP contribution in [-0.4, -0.2) is 51.6 Å². The van der Waals surface area contributed by atoms with Gasteiger partial charge < -0.3 is 15.4 Å². The second-order valence-electron chi connectivity index (χ2n) is 6.28. The van der Waals surface area contributed by atoms with E-state index in [1.807, 2.05) is 0 Å². The minimum absolute atomic E-state index is 0. The molecule has 0 aliphatic rings. The van der Waals surface area contributed by atoms with E-state index in [4.69, 9.17) is 4.74 Å². The summed E-state index contributed by atoms with van der Waals surface area (Å²) < 4.78 is 54.6. The van der Waals surface area contributed by atoms with Crippen LogP contribution in [0.5, 0.6) is 5.75 Å². The van der Waals surface area contributed by atoms with Crippen LogP contribution in [0.25, 0.3) is 0 Å². The molecule has 1 aromatic rings. The molecule has 2 N–H and O–H groups in total. The summed E-state index contributed by atoms with van der Waals surface area (Å²) in [7, 11) is -1.66. The molecule has 0 bridgehead atoms. The summed E-state index contributed by atoms with van der Waals surface area (Å²) >= 11 is 0. The third-order valence-corrected chi connectivity index (χ3v) is 5.97. The van der Waals surface area contributed by atoms with Gasteiger partial charge in [0.1, 0.15) is 12.4 Å². The predicted octanol–water partition coefficient (Wildman–Crippen LogP) is 2.34. The van der Waals surface area contributed by atoms with Crippen LogP contribution < -0.4 is 15.4 Å². The van der Waals surface area contributed by atoms with E-state index in [1.54, 1.807) is 27.8 Å². The van der Waals surface area contributed by atoms with Gasteiger partial charge in [0.15, 0.2) is 27.4 Å². The van der Waals surface area contributed by atoms with E-state index >= 15 is 0 Å². The number of aliphatic imine (C=N–C) groups is 1. The molecule has 0 aromatic heterocycles. The lowest BCUT2D eigenvalue weighted by atomic mass is 10.3. The van der Waals surface area contributed by atoms with Crippen molar-refractivity contribution in [2.75, 3.05) is 32.5 Å². The SMILES string of the molecule is CN=C(NCCOc1ccc(F)cc1F)NCCS(=O)(=O)C(C)(C)C.I. The van der Waals surface area contributed by atoms with Crippen molar-refractivity contribution in [1.29, 1.82) is 0 Å². The average Bonchev–Trinajstić information content (AvgIpc) is 2.50. The molecule has 0 unspecified atom stereocenters. The highest BCUT2D eigenvalue weighted by Gasteiger charge is 2.28. The van der Waals surface area contributed by atoms with Gasteiger partial charge in [0, 0.05) is 19.7 Å². The summed E-state index contributed by atoms with van der Waals surface area (Å²) in [5.41, 5.74) is 0. The number of nitrogens with zero attached hydrogens (tertiary/aromatic N) is 1. The van der Waals surface area contributed by atoms with Crippen LogP contribution in [0.15, 0.2) is 23.2 Å². The summed E-state index contributed by atoms with van der Waals surface area (Å²) in [4.78, 5) is 3.96. The van der Waals surface area contributed by atoms with Crippen molar-refractivity contribution in [3.05, 3.63) is 29.8 Å². The largest absolute Gasteiger partial charge is 0.489 e. The molecule has 10 heteroatoms. The van der Waals surface area contributed by atoms with Crippen LogP contribution in [0.2, 0.25) is 0 Å². The quantitative estimate of drug-likeness (QED) is 0.258. The maximum Gasteiger partial charge on any atom is 0.191 e. The number of nitrogens with one attached hydrogen (secondary N) is 2. The molecular formula is C16H26F2IN3O3S. The van der Waals surface area contributed by atoms with Gasteiger partial charge >= 0.3 is 0 Å². The fraction of sp³-hybridized carbons (Fsp3) is 0.562. The average molecular weight is 505 g/mol. The smallest absolute Gasteiger partial charge is 0.191 e. The van der Waals surface area contributed by atoms with Gasteiger partial charge in [0.05, 0.1) is 17.0 Å². The molecule has 26 heavy (non-hydrogen) atoms. The molecule has 0 atom stereocenters. The minimum atomic E-state index is -3.21. The predicted molar refractivity (Wildman–Crippen MR) is 110 cm³/mol. The molecule has 0 aliphatic heterocycles. The number of guanidine groups is 1. The molecule has 1 rings (SSSR count). The first-order valence-corrected chi connectivity index (χ1v) is 9.47. The molecule has 0 amide bonds. The normalized spacial score (nSPS) is 12.3. The Bertz CT molecular complexity index is 707. The van der Waals surface area contributed by atoms with Crippen molar-refractivity contribution < 1.29 is 21.9 Å². The summed E-state index contributed by atoms with van der Waals surface area (Å²) in [6.07, 6.45) is 0. The molecule has 1 aromatic carbocycles. The molecule has 150 valence electrons. The first-order valence-electron chi connectivity index (χ1n) is 7.81. The van der Waals surface area contributed by atoms with Crippen molar-refractivity contribution in [2.24, 2.45) is 4.99 Å². The summed E-state index contributed by atoms with van der Waals surface area (Å²) in [6, 6.07) is 3.08. The highest BCUT2D eigenvalue weighted by atomic mass is 127. The molecule has 0 saturated heterocycles. The molecule has 0 saturated carbocycles. The lowest BCUT2D eigenvalue weighted by Crippen LogP contribution is -2.42. The van der Waals surface area contributed by atoms with E-state index in [0.29, 0.717) is 12.5 Å². The van der Waals surface area contributed by atoms with Crippen molar-refractivity contribution in [1.82, 2.24) is 10.6 Å². The topological polar surface area (TPSA) is 79.8 Å². The fourth-order valence-corrected chi connectivity index (χ4v) is 2.74. The zero-order valence-electron chi connectivity index (χ0n) is 15.3. The fourth-order valence-electron chi connectivity index (χ4n) is 1.75. The highest BCUT2D eigenvalue weighted by Crippen LogP contribution is 2.17. The van der Waals surface area contributed by atoms with Crippen molar-refractivity contribution >= 4 is 39.8 Å². The second kappa shape index (κ2) is 10.9. The maximum absolute atomic E-state index is 13.4. The number of halogens is 3. The van der Waals surface area contributed by atoms with Crippen molar-refractivity contribution in [3.8, 4) is 5.75 Å². The zero-order valence-corrected chi connectivity index (χ0v) is 18.5. The molecule has 0 fully saturated rings. The Labute approximate surface area is 170 Å². The Kier molecular flexibility index (Phi) is 10.4. The van der Waals surface area contributed by atoms with Crippen LogP contribution in [0.3, 0.4) is 0 Å². The highest BCUT2D eigenvalue weighted by molar-refractivity contribution is 14.0. The third kappa shape index (κ3) is 8.02. The summed E-state index contributed by atoms with van der Waals surface area (Å²) in [5, 5.41) is 5.81. The lowest BCUT2D eigenvalue weighted by Gasteiger charge is -2.19. The van der Waals surface area contributed by atoms with Crippen LogP contribution in [-0.2, 0) is 9.84 Å². The summed E-state index contributed by atoms with van der Waals surface area (Å²) in [5.74, 6) is -1.09. The van der Waals surface area contributed by atoms with Crippen LogP contribution in [0, 0.1) is 11.6 Å². The standard InChI is InChI=1S/C16H25F2N3O3S.HI/c1-16(2,3)25(22,23)10-8-21-15(19-4)20-7-9-24-14-6-5-12(17)11-13(14)18;/h5-6,11H,7-10H2,1-4H3,(H2,19,20,21);1H. The van der Waals surface area contributed by atoms with Gasteiger partial charge in [-0.3, -0.25) is 4.99 Å². The van der Waals surface area contributed by atoms with Gasteiger partial charge in [-0.05, 0) is 32.9 Å². The Morgan fingerprint density at radius 1 is 1.19 bits per heavy atom. The maximum atomic E-state index is 13.4. The molecular weight excluding hydrogens is 479 g/mol. The molecule has 0 spiro atoms. The molecule has 0 radical (unpaired) electrons. The van der Waals surface area contributed by atoms with E-state index in [9.17, 15) is 17.2 Å². The van der Waals surface area contributed by atoms with Gasteiger partial charge in [-0.1, -0.05) is 0 Å². The Morgan fingerprint density at radius 2 is 1.81 bits per heavy atom. The molecule has 0 heterocycles. The monoisotopic (exact) mass is 505 g/mol. The third-order valence-electron chi connectivity index (χ3n) is 3.37. The first-order chi connectivity index (χ1) is 11.6. The van der Waals surface area contributed by atoms with Gasteiger partial charge in [-0.15, -0.1) is 24.0 Å². The first kappa shape index (κ1) is 24.8. The van der Waals surface area contributed by atoms with E-state index in [-0.39, 0.29) is 48.6 Å². The summed E-state index contributed by atoms with van der Waals surface area (Å²) in [6.45, 7) is 5.61. The van der Waals surface area contributed by atoms with Gasteiger partial charge in [-0.2, -0.15) is 0 Å². The van der Waals surface area contributed by atoms with Crippen LogP contribution >= 0.6 is 24.0 Å². The van der Waals surface area contributed by atoms with E-state index < -0.39 is 26.2 Å². The number of sulfone groups is 1. The molecule has 0 aliphatic carbocycles. The van der Waals surface area contributed by atoms with Crippen LogP contribution in [0.1, 0.15) is 20.8 Å². The second-order valence-corrected chi connectivity index (χ2v) is 9.14. The Morgan fingerprint density at radius 3 is 2.35 bits per heavy atom. The van der Waals surface area contributed by atoms with Crippen molar-refractivity contribution in [2.45, 2.75) is 25.5 Å². The van der Waals surface area contributed by atoms with E-state index in [2.05, 4.69) is 15.6 Å². The molecule has 6 nitrogen and oxygen atoms in total.